The molecule has 1 N–H and O–H groups in total. The van der Waals surface area contributed by atoms with E-state index in [1.165, 1.54) is 0 Å². The van der Waals surface area contributed by atoms with E-state index < -0.39 is 0 Å². The fraction of sp³-hybridized carbons (Fsp3) is 0.333. The number of carbonyl (C=O) groups is 1. The predicted octanol–water partition coefficient (Wildman–Crippen LogP) is 2.67. The van der Waals surface area contributed by atoms with Gasteiger partial charge in [0.2, 0.25) is 5.91 Å². The quantitative estimate of drug-likeness (QED) is 0.859. The molecule has 0 spiro atoms. The number of carbonyl (C=O) groups excluding carboxylic acids is 1. The number of amides is 1. The summed E-state index contributed by atoms with van der Waals surface area (Å²) in [6, 6.07) is 3.72. The van der Waals surface area contributed by atoms with Crippen LogP contribution in [0.4, 0.5) is 5.82 Å². The van der Waals surface area contributed by atoms with Crippen molar-refractivity contribution in [1.29, 1.82) is 0 Å². The zero-order chi connectivity index (χ0) is 13.7. The van der Waals surface area contributed by atoms with E-state index in [1.807, 2.05) is 19.9 Å². The van der Waals surface area contributed by atoms with Crippen LogP contribution in [0, 0.1) is 13.8 Å². The van der Waals surface area contributed by atoms with Crippen LogP contribution in [0.2, 0.25) is 0 Å². The molecule has 0 radical (unpaired) electrons. The average Bonchev–Trinajstić information content (AvgIpc) is 2.78. The van der Waals surface area contributed by atoms with Gasteiger partial charge in [0.25, 0.3) is 0 Å². The maximum atomic E-state index is 11.7. The molecule has 0 bridgehead atoms. The molecule has 2 aromatic rings. The number of thioether (sulfide) groups is 1. The van der Waals surface area contributed by atoms with E-state index in [2.05, 4.69) is 20.5 Å². The summed E-state index contributed by atoms with van der Waals surface area (Å²) in [6.45, 7) is 3.87. The van der Waals surface area contributed by atoms with Crippen LogP contribution in [0.15, 0.2) is 22.7 Å². The number of nitrogens with zero attached hydrogens (tertiary/aromatic N) is 3. The molecule has 7 heteroatoms. The van der Waals surface area contributed by atoms with Crippen molar-refractivity contribution in [3.63, 3.8) is 0 Å². The highest BCUT2D eigenvalue weighted by atomic mass is 32.2. The summed E-state index contributed by atoms with van der Waals surface area (Å²) in [4.78, 5) is 15.8. The molecule has 0 saturated heterocycles. The van der Waals surface area contributed by atoms with E-state index in [1.54, 1.807) is 35.4 Å². The first kappa shape index (κ1) is 14.0. The zero-order valence-corrected chi connectivity index (χ0v) is 12.3. The summed E-state index contributed by atoms with van der Waals surface area (Å²) in [7, 11) is 0. The Balaban J connectivity index is 1.74. The topological polar surface area (TPSA) is 67.8 Å². The van der Waals surface area contributed by atoms with Crippen molar-refractivity contribution < 1.29 is 4.79 Å². The number of nitrogens with one attached hydrogen (secondary N) is 1. The molecule has 0 saturated carbocycles. The van der Waals surface area contributed by atoms with Crippen molar-refractivity contribution in [3.8, 4) is 0 Å². The minimum Gasteiger partial charge on any atom is -0.311 e. The Morgan fingerprint density at radius 3 is 2.84 bits per heavy atom. The van der Waals surface area contributed by atoms with Gasteiger partial charge in [-0.3, -0.25) is 4.79 Å². The van der Waals surface area contributed by atoms with Gasteiger partial charge in [-0.2, -0.15) is 0 Å². The predicted molar refractivity (Wildman–Crippen MR) is 77.6 cm³/mol. The lowest BCUT2D eigenvalue weighted by Crippen LogP contribution is -2.13. The molecule has 5 nitrogen and oxygen atoms in total. The zero-order valence-electron chi connectivity index (χ0n) is 10.7. The first-order chi connectivity index (χ1) is 9.13. The Labute approximate surface area is 119 Å². The average molecular weight is 294 g/mol. The van der Waals surface area contributed by atoms with Crippen LogP contribution in [0.25, 0.3) is 0 Å². The van der Waals surface area contributed by atoms with Crippen molar-refractivity contribution in [2.45, 2.75) is 24.6 Å². The maximum Gasteiger partial charge on any atom is 0.226 e. The summed E-state index contributed by atoms with van der Waals surface area (Å²) in [5, 5.41) is 11.6. The molecule has 0 aromatic carbocycles. The second-order valence-electron chi connectivity index (χ2n) is 3.95. The van der Waals surface area contributed by atoms with Crippen LogP contribution in [-0.2, 0) is 4.79 Å². The summed E-state index contributed by atoms with van der Waals surface area (Å²) in [6.07, 6.45) is 2.16. The van der Waals surface area contributed by atoms with Crippen LogP contribution >= 0.6 is 23.1 Å². The highest BCUT2D eigenvalue weighted by Gasteiger charge is 2.06. The molecule has 2 aromatic heterocycles. The molecule has 2 heterocycles. The van der Waals surface area contributed by atoms with Gasteiger partial charge < -0.3 is 5.32 Å². The van der Waals surface area contributed by atoms with Crippen LogP contribution in [0.1, 0.15) is 17.0 Å². The molecule has 2 rings (SSSR count). The summed E-state index contributed by atoms with van der Waals surface area (Å²) in [5.41, 5.74) is 1.07. The fourth-order valence-corrected chi connectivity index (χ4v) is 3.14. The van der Waals surface area contributed by atoms with Gasteiger partial charge in [0.15, 0.2) is 4.34 Å². The lowest BCUT2D eigenvalue weighted by atomic mass is 10.3. The molecule has 0 fully saturated rings. The Morgan fingerprint density at radius 2 is 2.21 bits per heavy atom. The normalized spacial score (nSPS) is 10.4. The maximum absolute atomic E-state index is 11.7. The standard InChI is InChI=1S/C12H14N4OS2/c1-8-3-4-10(13-7-8)14-11(17)5-6-18-12-16-15-9(2)19-12/h3-4,7H,5-6H2,1-2H3,(H,13,14,17). The molecule has 100 valence electrons. The van der Waals surface area contributed by atoms with Gasteiger partial charge in [0, 0.05) is 18.4 Å². The lowest BCUT2D eigenvalue weighted by Gasteiger charge is -2.03. The van der Waals surface area contributed by atoms with Gasteiger partial charge in [-0.15, -0.1) is 10.2 Å². The fourth-order valence-electron chi connectivity index (χ4n) is 1.31. The van der Waals surface area contributed by atoms with Crippen molar-refractivity contribution in [2.24, 2.45) is 0 Å². The van der Waals surface area contributed by atoms with Crippen LogP contribution < -0.4 is 5.32 Å². The van der Waals surface area contributed by atoms with Crippen molar-refractivity contribution in [2.75, 3.05) is 11.1 Å². The second kappa shape index (κ2) is 6.63. The van der Waals surface area contributed by atoms with Gasteiger partial charge in [-0.05, 0) is 25.5 Å². The number of pyridine rings is 1. The van der Waals surface area contributed by atoms with E-state index >= 15 is 0 Å². The first-order valence-electron chi connectivity index (χ1n) is 5.79. The van der Waals surface area contributed by atoms with Crippen molar-refractivity contribution in [1.82, 2.24) is 15.2 Å². The van der Waals surface area contributed by atoms with Gasteiger partial charge in [0.05, 0.1) is 0 Å². The Bertz CT molecular complexity index is 553. The van der Waals surface area contributed by atoms with E-state index in [4.69, 9.17) is 0 Å². The third kappa shape index (κ3) is 4.60. The van der Waals surface area contributed by atoms with E-state index in [-0.39, 0.29) is 5.91 Å². The van der Waals surface area contributed by atoms with Crippen LogP contribution in [0.3, 0.4) is 0 Å². The number of rotatable bonds is 5. The minimum absolute atomic E-state index is 0.0370. The smallest absolute Gasteiger partial charge is 0.226 e. The van der Waals surface area contributed by atoms with E-state index in [0.717, 1.165) is 14.9 Å². The molecule has 19 heavy (non-hydrogen) atoms. The Morgan fingerprint density at radius 1 is 1.37 bits per heavy atom. The molecule has 0 aliphatic rings. The van der Waals surface area contributed by atoms with Gasteiger partial charge in [-0.25, -0.2) is 4.98 Å². The van der Waals surface area contributed by atoms with E-state index in [9.17, 15) is 4.79 Å². The van der Waals surface area contributed by atoms with Crippen LogP contribution in [-0.4, -0.2) is 26.8 Å². The van der Waals surface area contributed by atoms with Gasteiger partial charge in [-0.1, -0.05) is 29.2 Å². The van der Waals surface area contributed by atoms with Gasteiger partial charge >= 0.3 is 0 Å². The van der Waals surface area contributed by atoms with Crippen molar-refractivity contribution in [3.05, 3.63) is 28.9 Å². The first-order valence-corrected chi connectivity index (χ1v) is 7.59. The number of anilines is 1. The van der Waals surface area contributed by atoms with Gasteiger partial charge in [0.1, 0.15) is 10.8 Å². The molecule has 0 unspecified atom stereocenters. The number of aromatic nitrogens is 3. The Kier molecular flexibility index (Phi) is 4.86. The summed E-state index contributed by atoms with van der Waals surface area (Å²) in [5.74, 6) is 1.24. The third-order valence-electron chi connectivity index (χ3n) is 2.24. The summed E-state index contributed by atoms with van der Waals surface area (Å²) < 4.78 is 0.902. The SMILES string of the molecule is Cc1ccc(NC(=O)CCSc2nnc(C)s2)nc1. The highest BCUT2D eigenvalue weighted by Crippen LogP contribution is 2.22. The Hall–Kier alpha value is -1.47. The number of hydrogen-bond acceptors (Lipinski definition) is 6. The largest absolute Gasteiger partial charge is 0.311 e. The molecule has 0 atom stereocenters. The minimum atomic E-state index is -0.0370. The van der Waals surface area contributed by atoms with Crippen LogP contribution in [0.5, 0.6) is 0 Å². The molecule has 0 aliphatic carbocycles. The highest BCUT2D eigenvalue weighted by molar-refractivity contribution is 8.01. The second-order valence-corrected chi connectivity index (χ2v) is 6.48. The molecular weight excluding hydrogens is 280 g/mol. The third-order valence-corrected chi connectivity index (χ3v) is 4.21. The monoisotopic (exact) mass is 294 g/mol. The summed E-state index contributed by atoms with van der Waals surface area (Å²) >= 11 is 3.09. The number of hydrogen-bond donors (Lipinski definition) is 1. The number of aryl methyl sites for hydroxylation is 2. The molecular formula is C12H14N4OS2. The molecule has 1 amide bonds. The van der Waals surface area contributed by atoms with E-state index in [0.29, 0.717) is 18.0 Å². The lowest BCUT2D eigenvalue weighted by molar-refractivity contribution is -0.115. The molecule has 0 aliphatic heterocycles. The van der Waals surface area contributed by atoms with Crippen molar-refractivity contribution >= 4 is 34.8 Å².